The largest absolute Gasteiger partial charge is 0.308 e. The van der Waals surface area contributed by atoms with Gasteiger partial charge in [-0.3, -0.25) is 9.59 Å². The molecule has 86 valence electrons. The van der Waals surface area contributed by atoms with Gasteiger partial charge in [0.25, 0.3) is 5.56 Å². The van der Waals surface area contributed by atoms with Crippen molar-refractivity contribution in [2.45, 2.75) is 19.4 Å². The van der Waals surface area contributed by atoms with Gasteiger partial charge in [0, 0.05) is 17.5 Å². The molecule has 0 N–H and O–H groups in total. The molecule has 17 heavy (non-hydrogen) atoms. The predicted molar refractivity (Wildman–Crippen MR) is 65.9 cm³/mol. The van der Waals surface area contributed by atoms with E-state index >= 15 is 0 Å². The molecule has 3 rings (SSSR count). The van der Waals surface area contributed by atoms with Crippen molar-refractivity contribution in [3.05, 3.63) is 46.9 Å². The highest BCUT2D eigenvalue weighted by atomic mass is 16.1. The standard InChI is InChI=1S/C14H13NO2/c16-13(11-5-6-11)9-15-8-7-10-3-1-2-4-12(10)14(15)17/h1-4,7-8,11H,5-6,9H2. The van der Waals surface area contributed by atoms with E-state index in [-0.39, 0.29) is 23.8 Å². The molecular formula is C14H13NO2. The van der Waals surface area contributed by atoms with Gasteiger partial charge in [0.05, 0.1) is 6.54 Å². The van der Waals surface area contributed by atoms with Crippen molar-refractivity contribution in [1.82, 2.24) is 4.57 Å². The molecule has 0 amide bonds. The van der Waals surface area contributed by atoms with Gasteiger partial charge in [0.2, 0.25) is 0 Å². The average Bonchev–Trinajstić information content (AvgIpc) is 3.17. The summed E-state index contributed by atoms with van der Waals surface area (Å²) in [6, 6.07) is 9.34. The molecule has 1 fully saturated rings. The van der Waals surface area contributed by atoms with Gasteiger partial charge in [-0.25, -0.2) is 0 Å². The number of rotatable bonds is 3. The van der Waals surface area contributed by atoms with Crippen molar-refractivity contribution in [3.8, 4) is 0 Å². The lowest BCUT2D eigenvalue weighted by Crippen LogP contribution is -2.24. The van der Waals surface area contributed by atoms with Gasteiger partial charge in [-0.05, 0) is 30.4 Å². The Labute approximate surface area is 98.7 Å². The second-order valence-corrected chi connectivity index (χ2v) is 4.58. The summed E-state index contributed by atoms with van der Waals surface area (Å²) in [5.41, 5.74) is -0.0721. The lowest BCUT2D eigenvalue weighted by atomic mass is 10.1. The van der Waals surface area contributed by atoms with Gasteiger partial charge in [0.15, 0.2) is 5.78 Å². The number of hydrogen-bond donors (Lipinski definition) is 0. The Bertz CT molecular complexity index is 638. The van der Waals surface area contributed by atoms with Gasteiger partial charge in [-0.15, -0.1) is 0 Å². The highest BCUT2D eigenvalue weighted by Crippen LogP contribution is 2.30. The van der Waals surface area contributed by atoms with E-state index in [0.29, 0.717) is 5.39 Å². The maximum absolute atomic E-state index is 12.1. The van der Waals surface area contributed by atoms with Crippen LogP contribution in [0.1, 0.15) is 12.8 Å². The summed E-state index contributed by atoms with van der Waals surface area (Å²) >= 11 is 0. The number of carbonyl (C=O) groups excluding carboxylic acids is 1. The van der Waals surface area contributed by atoms with E-state index in [1.807, 2.05) is 24.3 Å². The number of benzene rings is 1. The molecule has 0 unspecified atom stereocenters. The van der Waals surface area contributed by atoms with E-state index < -0.39 is 0 Å². The first-order valence-electron chi connectivity index (χ1n) is 5.86. The number of Topliss-reactive ketones (excluding diaryl/α,β-unsaturated/α-hetero) is 1. The third-order valence-electron chi connectivity index (χ3n) is 3.24. The zero-order chi connectivity index (χ0) is 11.8. The van der Waals surface area contributed by atoms with Crippen LogP contribution in [0.2, 0.25) is 0 Å². The smallest absolute Gasteiger partial charge is 0.258 e. The van der Waals surface area contributed by atoms with Gasteiger partial charge < -0.3 is 4.57 Å². The van der Waals surface area contributed by atoms with Crippen molar-refractivity contribution in [3.63, 3.8) is 0 Å². The molecule has 1 aromatic carbocycles. The Morgan fingerprint density at radius 3 is 2.76 bits per heavy atom. The topological polar surface area (TPSA) is 39.1 Å². The maximum Gasteiger partial charge on any atom is 0.258 e. The highest BCUT2D eigenvalue weighted by Gasteiger charge is 2.29. The SMILES string of the molecule is O=C(Cn1ccc2ccccc2c1=O)C1CC1. The Balaban J connectivity index is 2.02. The number of hydrogen-bond acceptors (Lipinski definition) is 2. The fourth-order valence-corrected chi connectivity index (χ4v) is 2.06. The normalized spacial score (nSPS) is 15.1. The average molecular weight is 227 g/mol. The Morgan fingerprint density at radius 1 is 1.24 bits per heavy atom. The molecule has 0 radical (unpaired) electrons. The Hall–Kier alpha value is -1.90. The predicted octanol–water partition coefficient (Wildman–Crippen LogP) is 1.98. The molecule has 1 aliphatic carbocycles. The Morgan fingerprint density at radius 2 is 2.00 bits per heavy atom. The zero-order valence-electron chi connectivity index (χ0n) is 9.43. The summed E-state index contributed by atoms with van der Waals surface area (Å²) in [6.45, 7) is 0.217. The summed E-state index contributed by atoms with van der Waals surface area (Å²) in [5.74, 6) is 0.385. The number of carbonyl (C=O) groups is 1. The third kappa shape index (κ3) is 1.88. The molecule has 0 aliphatic heterocycles. The van der Waals surface area contributed by atoms with Crippen LogP contribution in [-0.4, -0.2) is 10.4 Å². The van der Waals surface area contributed by atoms with Crippen LogP contribution in [0.3, 0.4) is 0 Å². The summed E-state index contributed by atoms with van der Waals surface area (Å²) in [6.07, 6.45) is 3.69. The molecule has 1 saturated carbocycles. The first-order valence-corrected chi connectivity index (χ1v) is 5.86. The maximum atomic E-state index is 12.1. The van der Waals surface area contributed by atoms with Crippen molar-refractivity contribution >= 4 is 16.6 Å². The van der Waals surface area contributed by atoms with Crippen LogP contribution in [0.5, 0.6) is 0 Å². The number of ketones is 1. The van der Waals surface area contributed by atoms with E-state index in [9.17, 15) is 9.59 Å². The monoisotopic (exact) mass is 227 g/mol. The van der Waals surface area contributed by atoms with Gasteiger partial charge in [0.1, 0.15) is 0 Å². The van der Waals surface area contributed by atoms with Crippen LogP contribution in [0.25, 0.3) is 10.8 Å². The highest BCUT2D eigenvalue weighted by molar-refractivity contribution is 5.84. The molecule has 3 heteroatoms. The van der Waals surface area contributed by atoms with Crippen molar-refractivity contribution < 1.29 is 4.79 Å². The molecule has 0 spiro atoms. The van der Waals surface area contributed by atoms with E-state index in [1.54, 1.807) is 12.3 Å². The zero-order valence-corrected chi connectivity index (χ0v) is 9.43. The van der Waals surface area contributed by atoms with Crippen LogP contribution in [0, 0.1) is 5.92 Å². The van der Waals surface area contributed by atoms with Gasteiger partial charge in [-0.2, -0.15) is 0 Å². The quantitative estimate of drug-likeness (QED) is 0.804. The summed E-state index contributed by atoms with van der Waals surface area (Å²) in [5, 5.41) is 1.60. The van der Waals surface area contributed by atoms with Crippen LogP contribution in [0.15, 0.2) is 41.3 Å². The minimum Gasteiger partial charge on any atom is -0.308 e. The van der Waals surface area contributed by atoms with E-state index in [4.69, 9.17) is 0 Å². The second kappa shape index (κ2) is 3.84. The summed E-state index contributed by atoms with van der Waals surface area (Å²) in [4.78, 5) is 23.8. The van der Waals surface area contributed by atoms with Crippen LogP contribution in [-0.2, 0) is 11.3 Å². The minimum absolute atomic E-state index is 0.0721. The fraction of sp³-hybridized carbons (Fsp3) is 0.286. The number of aromatic nitrogens is 1. The minimum atomic E-state index is -0.0721. The van der Waals surface area contributed by atoms with E-state index in [0.717, 1.165) is 18.2 Å². The Kier molecular flexibility index (Phi) is 2.32. The van der Waals surface area contributed by atoms with Crippen molar-refractivity contribution in [2.75, 3.05) is 0 Å². The molecule has 1 heterocycles. The molecule has 0 saturated heterocycles. The van der Waals surface area contributed by atoms with Crippen LogP contribution >= 0.6 is 0 Å². The lowest BCUT2D eigenvalue weighted by Gasteiger charge is -2.05. The van der Waals surface area contributed by atoms with Crippen molar-refractivity contribution in [2.24, 2.45) is 5.92 Å². The lowest BCUT2D eigenvalue weighted by molar-refractivity contribution is -0.120. The fourth-order valence-electron chi connectivity index (χ4n) is 2.06. The van der Waals surface area contributed by atoms with Gasteiger partial charge >= 0.3 is 0 Å². The first-order chi connectivity index (χ1) is 8.25. The number of fused-ring (bicyclic) bond motifs is 1. The third-order valence-corrected chi connectivity index (χ3v) is 3.24. The van der Waals surface area contributed by atoms with E-state index in [1.165, 1.54) is 4.57 Å². The van der Waals surface area contributed by atoms with Crippen LogP contribution in [0.4, 0.5) is 0 Å². The number of nitrogens with zero attached hydrogens (tertiary/aromatic N) is 1. The molecule has 0 atom stereocenters. The molecule has 1 aromatic heterocycles. The van der Waals surface area contributed by atoms with Gasteiger partial charge in [-0.1, -0.05) is 18.2 Å². The summed E-state index contributed by atoms with van der Waals surface area (Å²) < 4.78 is 1.52. The second-order valence-electron chi connectivity index (χ2n) is 4.58. The molecular weight excluding hydrogens is 214 g/mol. The molecule has 1 aliphatic rings. The first kappa shape index (κ1) is 10.3. The van der Waals surface area contributed by atoms with Crippen molar-refractivity contribution in [1.29, 1.82) is 0 Å². The molecule has 3 nitrogen and oxygen atoms in total. The van der Waals surface area contributed by atoms with Crippen LogP contribution < -0.4 is 5.56 Å². The van der Waals surface area contributed by atoms with E-state index in [2.05, 4.69) is 0 Å². The molecule has 2 aromatic rings. The molecule has 0 bridgehead atoms. The number of pyridine rings is 1. The summed E-state index contributed by atoms with van der Waals surface area (Å²) in [7, 11) is 0.